The zero-order valence-corrected chi connectivity index (χ0v) is 7.69. The molecule has 0 heterocycles. The van der Waals surface area contributed by atoms with Gasteiger partial charge in [0.05, 0.1) is 0 Å². The summed E-state index contributed by atoms with van der Waals surface area (Å²) in [7, 11) is 0. The van der Waals surface area contributed by atoms with Crippen molar-refractivity contribution in [2.45, 2.75) is 0 Å². The van der Waals surface area contributed by atoms with Crippen molar-refractivity contribution in [2.75, 3.05) is 0 Å². The molecule has 0 aliphatic carbocycles. The third kappa shape index (κ3) is 40.7. The van der Waals surface area contributed by atoms with Crippen LogP contribution in [0.1, 0.15) is 0 Å². The molecule has 0 unspecified atom stereocenters. The fraction of sp³-hybridized carbons (Fsp3) is 0. The molecular formula is DyNdO4. The van der Waals surface area contributed by atoms with Crippen LogP contribution < -0.4 is 0 Å². The van der Waals surface area contributed by atoms with Crippen molar-refractivity contribution in [1.29, 1.82) is 0 Å². The van der Waals surface area contributed by atoms with Gasteiger partial charge in [-0.05, 0) is 0 Å². The Labute approximate surface area is 73.8 Å². The van der Waals surface area contributed by atoms with Crippen molar-refractivity contribution >= 4 is 0 Å². The van der Waals surface area contributed by atoms with Gasteiger partial charge in [0.1, 0.15) is 0 Å². The van der Waals surface area contributed by atoms with Crippen LogP contribution in [0.2, 0.25) is 0 Å². The molecule has 0 rings (SSSR count). The third-order valence-electron chi connectivity index (χ3n) is 0. The van der Waals surface area contributed by atoms with Gasteiger partial charge in [-0.1, -0.05) is 0 Å². The van der Waals surface area contributed by atoms with Crippen LogP contribution in [0.3, 0.4) is 0 Å². The molecule has 6 heavy (non-hydrogen) atoms. The second kappa shape index (κ2) is 9.95. The third-order valence-corrected chi connectivity index (χ3v) is 0. The molecule has 0 bridgehead atoms. The standard InChI is InChI=1S/Dy.Nd.4O. The zero-order chi connectivity index (χ0) is 5.58. The Kier molecular flexibility index (Phi) is 17.8. The fourth-order valence-corrected chi connectivity index (χ4v) is 0. The first-order chi connectivity index (χ1) is 2.73. The van der Waals surface area contributed by atoms with E-state index in [2.05, 4.69) is 0 Å². The van der Waals surface area contributed by atoms with E-state index in [0.717, 1.165) is 36.3 Å². The van der Waals surface area contributed by atoms with E-state index in [1.807, 2.05) is 0 Å². The zero-order valence-electron chi connectivity index (χ0n) is 2.45. The van der Waals surface area contributed by atoms with Gasteiger partial charge < -0.3 is 0 Å². The van der Waals surface area contributed by atoms with Crippen LogP contribution in [0, 0.1) is 71.3 Å². The van der Waals surface area contributed by atoms with E-state index in [4.69, 9.17) is 4.53 Å². The van der Waals surface area contributed by atoms with Crippen molar-refractivity contribution < 1.29 is 75.8 Å². The average molecular weight is 371 g/mol. The van der Waals surface area contributed by atoms with Crippen LogP contribution in [-0.2, 0) is 4.53 Å². The van der Waals surface area contributed by atoms with Gasteiger partial charge in [0.25, 0.3) is 0 Å². The molecule has 0 saturated carbocycles. The Hall–Kier alpha value is 1.82. The molecule has 0 aliphatic rings. The first-order valence-electron chi connectivity index (χ1n) is 0.741. The van der Waals surface area contributed by atoms with E-state index in [9.17, 15) is 0 Å². The van der Waals surface area contributed by atoms with Gasteiger partial charge in [0, 0.05) is 0 Å². The molecule has 0 fully saturated rings. The molecule has 0 amide bonds. The first-order valence-corrected chi connectivity index (χ1v) is 5.50. The molecule has 0 atom stereocenters. The topological polar surface area (TPSA) is 68.3 Å². The molecule has 0 saturated heterocycles. The van der Waals surface area contributed by atoms with Crippen LogP contribution >= 0.6 is 0 Å². The molecule has 0 aromatic rings. The van der Waals surface area contributed by atoms with Crippen LogP contribution in [0.25, 0.3) is 0 Å². The molecule has 0 N–H and O–H groups in total. The molecule has 4 nitrogen and oxygen atoms in total. The Bertz CT molecular complexity index is 87.7. The quantitative estimate of drug-likeness (QED) is 0.578. The van der Waals surface area contributed by atoms with Gasteiger partial charge in [-0.2, -0.15) is 0 Å². The van der Waals surface area contributed by atoms with Gasteiger partial charge in [-0.3, -0.25) is 0 Å². The molecule has 0 spiro atoms. The normalized spacial score (nSPS) is 3.50. The Morgan fingerprint density at radius 2 is 1.00 bits per heavy atom. The molecule has 0 radical (unpaired) electrons. The van der Waals surface area contributed by atoms with Gasteiger partial charge in [0.15, 0.2) is 0 Å². The number of hydrogen-bond donors (Lipinski definition) is 0. The Morgan fingerprint density at radius 1 is 1.00 bits per heavy atom. The second-order valence-corrected chi connectivity index (χ2v) is 1.85. The summed E-state index contributed by atoms with van der Waals surface area (Å²) >= 11 is -3.52. The molecule has 0 aromatic carbocycles. The van der Waals surface area contributed by atoms with E-state index < -0.39 is 35.0 Å². The van der Waals surface area contributed by atoms with Crippen LogP contribution in [0.15, 0.2) is 0 Å². The molecular weight excluding hydrogens is 371 g/mol. The minimum atomic E-state index is -4.41. The summed E-state index contributed by atoms with van der Waals surface area (Å²) in [6, 6.07) is 0. The monoisotopic (exact) mass is 370 g/mol. The van der Waals surface area contributed by atoms with Crippen LogP contribution in [0.4, 0.5) is 0 Å². The van der Waals surface area contributed by atoms with E-state index in [-0.39, 0.29) is 0 Å². The summed E-state index contributed by atoms with van der Waals surface area (Å²) in [6.45, 7) is 0. The molecule has 38 valence electrons. The molecule has 0 aliphatic heterocycles. The average Bonchev–Trinajstić information content (AvgIpc) is 1.41. The van der Waals surface area contributed by atoms with Crippen molar-refractivity contribution in [3.63, 3.8) is 0 Å². The summed E-state index contributed by atoms with van der Waals surface area (Å²) in [5.74, 6) is 0. The van der Waals surface area contributed by atoms with Gasteiger partial charge >= 0.3 is 75.8 Å². The first kappa shape index (κ1) is 10.7. The van der Waals surface area contributed by atoms with Crippen molar-refractivity contribution in [3.05, 3.63) is 0 Å². The summed E-state index contributed by atoms with van der Waals surface area (Å²) in [4.78, 5) is 0. The van der Waals surface area contributed by atoms with Crippen LogP contribution in [-0.4, -0.2) is 0 Å². The Morgan fingerprint density at radius 3 is 1.00 bits per heavy atom. The van der Waals surface area contributed by atoms with Crippen LogP contribution in [0.5, 0.6) is 0 Å². The number of rotatable bonds is 0. The number of hydrogen-bond acceptors (Lipinski definition) is 4. The molecule has 0 aromatic heterocycles. The predicted molar refractivity (Wildman–Crippen MR) is 2.75 cm³/mol. The van der Waals surface area contributed by atoms with Crippen molar-refractivity contribution in [2.24, 2.45) is 0 Å². The van der Waals surface area contributed by atoms with E-state index in [0.29, 0.717) is 0 Å². The van der Waals surface area contributed by atoms with Crippen molar-refractivity contribution in [1.82, 2.24) is 0 Å². The maximum atomic E-state index is 8.63. The Balaban J connectivity index is 0. The van der Waals surface area contributed by atoms with Crippen molar-refractivity contribution in [3.8, 4) is 0 Å². The van der Waals surface area contributed by atoms with E-state index in [1.54, 1.807) is 0 Å². The summed E-state index contributed by atoms with van der Waals surface area (Å²) in [6.07, 6.45) is 0. The predicted octanol–water partition coefficient (Wildman–Crippen LogP) is -0.475. The summed E-state index contributed by atoms with van der Waals surface area (Å²) in [5, 5.41) is 0. The summed E-state index contributed by atoms with van der Waals surface area (Å²) < 4.78 is 34.1. The molecule has 6 heteroatoms. The van der Waals surface area contributed by atoms with Gasteiger partial charge in [0.2, 0.25) is 0 Å². The maximum absolute atomic E-state index is 8.63. The van der Waals surface area contributed by atoms with E-state index >= 15 is 0 Å². The second-order valence-electron chi connectivity index (χ2n) is 0.250. The van der Waals surface area contributed by atoms with Gasteiger partial charge in [-0.25, -0.2) is 0 Å². The fourth-order valence-electron chi connectivity index (χ4n) is 0. The summed E-state index contributed by atoms with van der Waals surface area (Å²) in [5.41, 5.74) is 0. The SMILES string of the molecule is [O]=[Dy].[O]=[Nd](=[O])=[O]. The van der Waals surface area contributed by atoms with Gasteiger partial charge in [-0.15, -0.1) is 0 Å². The minimum absolute atomic E-state index is 0.889. The van der Waals surface area contributed by atoms with E-state index in [1.165, 1.54) is 0 Å².